The zero-order valence-electron chi connectivity index (χ0n) is 12.5. The van der Waals surface area contributed by atoms with Crippen LogP contribution in [0.4, 0.5) is 11.4 Å². The fourth-order valence-electron chi connectivity index (χ4n) is 2.20. The first-order valence-electron chi connectivity index (χ1n) is 6.63. The van der Waals surface area contributed by atoms with Gasteiger partial charge in [-0.25, -0.2) is 0 Å². The third-order valence-electron chi connectivity index (χ3n) is 3.46. The summed E-state index contributed by atoms with van der Waals surface area (Å²) in [6.07, 6.45) is 0. The van der Waals surface area contributed by atoms with Gasteiger partial charge in [0.25, 0.3) is 5.56 Å². The van der Waals surface area contributed by atoms with E-state index >= 15 is 0 Å². The van der Waals surface area contributed by atoms with Crippen molar-refractivity contribution in [2.45, 2.75) is 13.0 Å². The standard InChI is InChI=1S/C14H17N4O4/c1-8(14(20)15-2)16-11-7-13(19)17(3)12-5-4-9(18(21)22)6-10(11)12/h4-8,16,21H,1-3H3,(H,15,20)/q-1. The number of fused-ring (bicyclic) bond motifs is 1. The molecule has 1 heterocycles. The second-order valence-corrected chi connectivity index (χ2v) is 4.91. The Hall–Kier alpha value is -2.58. The van der Waals surface area contributed by atoms with E-state index in [1.165, 1.54) is 29.8 Å². The zero-order valence-corrected chi connectivity index (χ0v) is 12.5. The molecular formula is C14H17N4O4-. The number of aromatic nitrogens is 1. The molecule has 0 bridgehead atoms. The molecule has 1 unspecified atom stereocenters. The van der Waals surface area contributed by atoms with E-state index in [0.717, 1.165) is 0 Å². The highest BCUT2D eigenvalue weighted by Crippen LogP contribution is 2.26. The summed E-state index contributed by atoms with van der Waals surface area (Å²) >= 11 is 0. The molecule has 0 saturated heterocycles. The smallest absolute Gasteiger partial charge is 0.252 e. The summed E-state index contributed by atoms with van der Waals surface area (Å²) in [4.78, 5) is 23.6. The van der Waals surface area contributed by atoms with E-state index in [1.807, 2.05) is 0 Å². The number of nitrogens with one attached hydrogen (secondary N) is 2. The van der Waals surface area contributed by atoms with Crippen LogP contribution in [0, 0.1) is 5.21 Å². The van der Waals surface area contributed by atoms with Gasteiger partial charge in [-0.15, -0.1) is 0 Å². The second kappa shape index (κ2) is 6.04. The molecule has 0 aliphatic rings. The van der Waals surface area contributed by atoms with Crippen molar-refractivity contribution in [1.29, 1.82) is 0 Å². The second-order valence-electron chi connectivity index (χ2n) is 4.91. The number of pyridine rings is 1. The third kappa shape index (κ3) is 2.87. The van der Waals surface area contributed by atoms with Gasteiger partial charge in [0.2, 0.25) is 5.91 Å². The lowest BCUT2D eigenvalue weighted by Gasteiger charge is -2.23. The van der Waals surface area contributed by atoms with Gasteiger partial charge in [0.05, 0.1) is 11.2 Å². The number of amides is 1. The molecule has 118 valence electrons. The molecular weight excluding hydrogens is 288 g/mol. The molecule has 1 aromatic heterocycles. The summed E-state index contributed by atoms with van der Waals surface area (Å²) in [5.74, 6) is -0.238. The molecule has 22 heavy (non-hydrogen) atoms. The number of rotatable bonds is 4. The Labute approximate surface area is 126 Å². The van der Waals surface area contributed by atoms with E-state index in [0.29, 0.717) is 16.6 Å². The van der Waals surface area contributed by atoms with Crippen LogP contribution in [0.15, 0.2) is 29.1 Å². The minimum atomic E-state index is -0.568. The van der Waals surface area contributed by atoms with Crippen LogP contribution < -0.4 is 21.4 Å². The van der Waals surface area contributed by atoms with Gasteiger partial charge < -0.3 is 25.6 Å². The molecule has 1 amide bonds. The SMILES string of the molecule is CNC(=O)C(C)Nc1cc(=O)n(C)c2ccc(N([O-])O)cc12. The molecule has 0 spiro atoms. The Morgan fingerprint density at radius 3 is 2.68 bits per heavy atom. The van der Waals surface area contributed by atoms with Crippen molar-refractivity contribution >= 4 is 28.2 Å². The maximum absolute atomic E-state index is 12.0. The van der Waals surface area contributed by atoms with Gasteiger partial charge in [0, 0.05) is 31.2 Å². The van der Waals surface area contributed by atoms with E-state index in [4.69, 9.17) is 5.21 Å². The summed E-state index contributed by atoms with van der Waals surface area (Å²) in [5, 5.41) is 25.8. The summed E-state index contributed by atoms with van der Waals surface area (Å²) in [7, 11) is 3.12. The molecule has 8 nitrogen and oxygen atoms in total. The number of likely N-dealkylation sites (N-methyl/N-ethyl adjacent to an activating group) is 1. The lowest BCUT2D eigenvalue weighted by molar-refractivity contribution is -0.121. The number of benzene rings is 1. The minimum absolute atomic E-state index is 0.0294. The first kappa shape index (κ1) is 15.8. The Bertz CT molecular complexity index is 769. The number of aryl methyl sites for hydroxylation is 1. The van der Waals surface area contributed by atoms with Crippen LogP contribution in [0.1, 0.15) is 6.92 Å². The lowest BCUT2D eigenvalue weighted by Crippen LogP contribution is -2.35. The maximum atomic E-state index is 12.0. The van der Waals surface area contributed by atoms with Crippen LogP contribution in [-0.2, 0) is 11.8 Å². The van der Waals surface area contributed by atoms with Gasteiger partial charge in [-0.3, -0.25) is 14.8 Å². The summed E-state index contributed by atoms with van der Waals surface area (Å²) in [6.45, 7) is 1.65. The maximum Gasteiger partial charge on any atom is 0.252 e. The number of anilines is 2. The molecule has 1 atom stereocenters. The Kier molecular flexibility index (Phi) is 4.34. The highest BCUT2D eigenvalue weighted by Gasteiger charge is 2.14. The van der Waals surface area contributed by atoms with E-state index in [1.54, 1.807) is 20.0 Å². The molecule has 8 heteroatoms. The highest BCUT2D eigenvalue weighted by molar-refractivity contribution is 5.95. The van der Waals surface area contributed by atoms with Crippen molar-refractivity contribution in [3.63, 3.8) is 0 Å². The van der Waals surface area contributed by atoms with Gasteiger partial charge >= 0.3 is 0 Å². The minimum Gasteiger partial charge on any atom is -0.733 e. The molecule has 2 aromatic rings. The zero-order chi connectivity index (χ0) is 16.4. The normalized spacial score (nSPS) is 12.0. The fraction of sp³-hybridized carbons (Fsp3) is 0.286. The molecule has 1 aromatic carbocycles. The van der Waals surface area contributed by atoms with Crippen molar-refractivity contribution in [3.05, 3.63) is 39.8 Å². The molecule has 0 saturated carbocycles. The van der Waals surface area contributed by atoms with E-state index < -0.39 is 6.04 Å². The summed E-state index contributed by atoms with van der Waals surface area (Å²) in [6, 6.07) is 5.18. The van der Waals surface area contributed by atoms with Gasteiger partial charge in [-0.05, 0) is 25.1 Å². The Morgan fingerprint density at radius 2 is 2.09 bits per heavy atom. The molecule has 0 radical (unpaired) electrons. The van der Waals surface area contributed by atoms with Crippen LogP contribution in [0.3, 0.4) is 0 Å². The van der Waals surface area contributed by atoms with E-state index in [2.05, 4.69) is 10.6 Å². The molecule has 3 N–H and O–H groups in total. The predicted molar refractivity (Wildman–Crippen MR) is 84.0 cm³/mol. The molecule has 0 fully saturated rings. The van der Waals surface area contributed by atoms with Crippen LogP contribution in [-0.4, -0.2) is 28.8 Å². The van der Waals surface area contributed by atoms with Gasteiger partial charge in [0.1, 0.15) is 6.04 Å². The number of carbonyl (C=O) groups is 1. The van der Waals surface area contributed by atoms with Crippen LogP contribution >= 0.6 is 0 Å². The monoisotopic (exact) mass is 305 g/mol. The number of hydrogen-bond donors (Lipinski definition) is 3. The van der Waals surface area contributed by atoms with Crippen LogP contribution in [0.5, 0.6) is 0 Å². The van der Waals surface area contributed by atoms with Crippen LogP contribution in [0.25, 0.3) is 10.9 Å². The average molecular weight is 305 g/mol. The molecule has 0 aliphatic carbocycles. The van der Waals surface area contributed by atoms with E-state index in [9.17, 15) is 14.8 Å². The number of nitrogens with zero attached hydrogens (tertiary/aromatic N) is 2. The van der Waals surface area contributed by atoms with Crippen molar-refractivity contribution in [2.24, 2.45) is 7.05 Å². The summed E-state index contributed by atoms with van der Waals surface area (Å²) in [5.41, 5.74) is 0.763. The topological polar surface area (TPSA) is 110 Å². The lowest BCUT2D eigenvalue weighted by atomic mass is 10.1. The van der Waals surface area contributed by atoms with Gasteiger partial charge in [-0.1, -0.05) is 0 Å². The van der Waals surface area contributed by atoms with Crippen LogP contribution in [0.2, 0.25) is 0 Å². The van der Waals surface area contributed by atoms with Crippen molar-refractivity contribution in [2.75, 3.05) is 17.6 Å². The summed E-state index contributed by atoms with van der Waals surface area (Å²) < 4.78 is 1.42. The fourth-order valence-corrected chi connectivity index (χ4v) is 2.20. The van der Waals surface area contributed by atoms with Crippen molar-refractivity contribution < 1.29 is 10.0 Å². The largest absolute Gasteiger partial charge is 0.733 e. The highest BCUT2D eigenvalue weighted by atomic mass is 16.8. The number of hydrogen-bond acceptors (Lipinski definition) is 6. The first-order valence-corrected chi connectivity index (χ1v) is 6.63. The average Bonchev–Trinajstić information content (AvgIpc) is 2.50. The quantitative estimate of drug-likeness (QED) is 0.720. The predicted octanol–water partition coefficient (Wildman–Crippen LogP) is 0.778. The number of carbonyl (C=O) groups excluding carboxylic acids is 1. The van der Waals surface area contributed by atoms with Gasteiger partial charge in [0.15, 0.2) is 0 Å². The molecule has 2 rings (SSSR count). The Balaban J connectivity index is 2.61. The van der Waals surface area contributed by atoms with Crippen molar-refractivity contribution in [3.8, 4) is 0 Å². The first-order chi connectivity index (χ1) is 10.3. The third-order valence-corrected chi connectivity index (χ3v) is 3.46. The molecule has 0 aliphatic heterocycles. The van der Waals surface area contributed by atoms with Gasteiger partial charge in [-0.2, -0.15) is 0 Å². The Morgan fingerprint density at radius 1 is 1.41 bits per heavy atom. The van der Waals surface area contributed by atoms with E-state index in [-0.39, 0.29) is 22.4 Å². The van der Waals surface area contributed by atoms with Crippen molar-refractivity contribution in [1.82, 2.24) is 9.88 Å².